The molecule has 0 radical (unpaired) electrons. The molecule has 0 saturated carbocycles. The molecule has 1 aliphatic rings. The minimum Gasteiger partial charge on any atom is -0.495 e. The van der Waals surface area contributed by atoms with E-state index < -0.39 is 31.5 Å². The highest BCUT2D eigenvalue weighted by atomic mass is 28.3. The van der Waals surface area contributed by atoms with Crippen LogP contribution in [0.4, 0.5) is 19.3 Å². The topological polar surface area (TPSA) is 120 Å². The molecule has 13 heteroatoms. The number of nitrogens with one attached hydrogen (secondary N) is 2. The van der Waals surface area contributed by atoms with Crippen LogP contribution in [-0.4, -0.2) is 56.6 Å². The molecule has 0 bridgehead atoms. The van der Waals surface area contributed by atoms with Crippen LogP contribution in [-0.2, 0) is 16.2 Å². The van der Waals surface area contributed by atoms with E-state index in [0.29, 0.717) is 47.7 Å². The Labute approximate surface area is 267 Å². The van der Waals surface area contributed by atoms with Gasteiger partial charge in [-0.2, -0.15) is 5.26 Å². The summed E-state index contributed by atoms with van der Waals surface area (Å²) < 4.78 is 55.1. The van der Waals surface area contributed by atoms with Crippen molar-refractivity contribution in [1.29, 1.82) is 5.26 Å². The van der Waals surface area contributed by atoms with Crippen LogP contribution >= 0.6 is 0 Å². The molecule has 1 fully saturated rings. The molecule has 2 N–H and O–H groups in total. The maximum absolute atomic E-state index is 15.4. The van der Waals surface area contributed by atoms with Crippen molar-refractivity contribution in [2.24, 2.45) is 5.92 Å². The zero-order valence-electron chi connectivity index (χ0n) is 26.4. The Kier molecular flexibility index (Phi) is 9.90. The van der Waals surface area contributed by atoms with Crippen LogP contribution in [0.2, 0.25) is 25.7 Å². The SMILES string of the molecule is COc1cccc(-c2cn(COCC[Si](C)(C)C)c3nccc(Oc4c(F)cc(NC(=O)NC(C)C5COC5)cc4F)c23)c1C#N. The number of methoxy groups -OCH3 is 1. The third-order valence-electron chi connectivity index (χ3n) is 7.79. The minimum atomic E-state index is -1.33. The highest BCUT2D eigenvalue weighted by molar-refractivity contribution is 6.76. The second-order valence-corrected chi connectivity index (χ2v) is 18.0. The molecular formula is C33H37F2N5O5Si. The largest absolute Gasteiger partial charge is 0.495 e. The number of nitrogens with zero attached hydrogens (tertiary/aromatic N) is 3. The van der Waals surface area contributed by atoms with Crippen LogP contribution in [0.15, 0.2) is 48.8 Å². The molecule has 10 nitrogen and oxygen atoms in total. The van der Waals surface area contributed by atoms with Crippen molar-refractivity contribution in [1.82, 2.24) is 14.9 Å². The molecule has 1 aliphatic heterocycles. The number of amides is 2. The number of anilines is 1. The predicted octanol–water partition coefficient (Wildman–Crippen LogP) is 7.12. The molecule has 2 amide bonds. The number of aromatic nitrogens is 2. The van der Waals surface area contributed by atoms with Crippen molar-refractivity contribution in [2.75, 3.05) is 32.2 Å². The molecule has 0 spiro atoms. The predicted molar refractivity (Wildman–Crippen MR) is 173 cm³/mol. The molecule has 2 aromatic carbocycles. The molecule has 46 heavy (non-hydrogen) atoms. The van der Waals surface area contributed by atoms with E-state index in [9.17, 15) is 10.1 Å². The number of benzene rings is 2. The van der Waals surface area contributed by atoms with Gasteiger partial charge >= 0.3 is 6.03 Å². The molecule has 1 atom stereocenters. The van der Waals surface area contributed by atoms with E-state index in [1.165, 1.54) is 19.4 Å². The highest BCUT2D eigenvalue weighted by Crippen LogP contribution is 2.42. The number of pyridine rings is 1. The van der Waals surface area contributed by atoms with E-state index in [1.54, 1.807) is 29.0 Å². The maximum Gasteiger partial charge on any atom is 0.319 e. The Morgan fingerprint density at radius 3 is 2.54 bits per heavy atom. The fourth-order valence-electron chi connectivity index (χ4n) is 5.03. The van der Waals surface area contributed by atoms with E-state index in [1.807, 2.05) is 6.92 Å². The Morgan fingerprint density at radius 2 is 1.91 bits per heavy atom. The Bertz CT molecular complexity index is 1760. The van der Waals surface area contributed by atoms with Crippen LogP contribution in [0.1, 0.15) is 12.5 Å². The molecule has 2 aromatic heterocycles. The second kappa shape index (κ2) is 13.9. The van der Waals surface area contributed by atoms with E-state index in [2.05, 4.69) is 41.3 Å². The summed E-state index contributed by atoms with van der Waals surface area (Å²) in [6.07, 6.45) is 3.25. The first-order valence-corrected chi connectivity index (χ1v) is 18.6. The normalized spacial score (nSPS) is 14.0. The molecule has 242 valence electrons. The van der Waals surface area contributed by atoms with Gasteiger partial charge in [0, 0.05) is 68.0 Å². The summed E-state index contributed by atoms with van der Waals surface area (Å²) in [5, 5.41) is 15.7. The summed E-state index contributed by atoms with van der Waals surface area (Å²) in [6, 6.07) is 11.1. The summed E-state index contributed by atoms with van der Waals surface area (Å²) in [6.45, 7) is 10.5. The number of hydrogen-bond donors (Lipinski definition) is 2. The number of urea groups is 1. The van der Waals surface area contributed by atoms with Gasteiger partial charge in [-0.25, -0.2) is 18.6 Å². The molecule has 5 rings (SSSR count). The van der Waals surface area contributed by atoms with Gasteiger partial charge < -0.3 is 34.1 Å². The first kappa shape index (κ1) is 32.9. The Balaban J connectivity index is 1.49. The number of carbonyl (C=O) groups is 1. The first-order valence-electron chi connectivity index (χ1n) is 14.9. The summed E-state index contributed by atoms with van der Waals surface area (Å²) in [5.41, 5.74) is 1.72. The number of rotatable bonds is 12. The maximum atomic E-state index is 15.4. The van der Waals surface area contributed by atoms with Crippen LogP contribution in [0.3, 0.4) is 0 Å². The van der Waals surface area contributed by atoms with Gasteiger partial charge in [-0.15, -0.1) is 0 Å². The average Bonchev–Trinajstić information content (AvgIpc) is 3.34. The van der Waals surface area contributed by atoms with E-state index in [4.69, 9.17) is 18.9 Å². The average molecular weight is 650 g/mol. The van der Waals surface area contributed by atoms with Crippen LogP contribution in [0.5, 0.6) is 17.2 Å². The van der Waals surface area contributed by atoms with Crippen molar-refractivity contribution in [2.45, 2.75) is 45.4 Å². The standard InChI is InChI=1S/C33H37F2N5O5Si/c1-20(21-17-44-18-21)38-33(41)39-22-13-26(34)31(27(35)14-22)45-29-9-10-37-32-30(29)25(16-40(32)19-43-11-12-46(3,4)5)23-7-6-8-28(42-2)24(23)15-36/h6-10,13-14,16,20-21H,11-12,17-19H2,1-5H3,(H2,38,39,41). The van der Waals surface area contributed by atoms with E-state index >= 15 is 8.78 Å². The van der Waals surface area contributed by atoms with Crippen molar-refractivity contribution in [3.63, 3.8) is 0 Å². The fourth-order valence-corrected chi connectivity index (χ4v) is 5.79. The summed E-state index contributed by atoms with van der Waals surface area (Å²) >= 11 is 0. The van der Waals surface area contributed by atoms with Gasteiger partial charge in [0.2, 0.25) is 0 Å². The monoisotopic (exact) mass is 649 g/mol. The zero-order chi connectivity index (χ0) is 33.0. The lowest BCUT2D eigenvalue weighted by molar-refractivity contribution is -0.0444. The quantitative estimate of drug-likeness (QED) is 0.124. The summed E-state index contributed by atoms with van der Waals surface area (Å²) in [4.78, 5) is 17.0. The van der Waals surface area contributed by atoms with Gasteiger partial charge in [0.15, 0.2) is 17.4 Å². The van der Waals surface area contributed by atoms with Crippen LogP contribution < -0.4 is 20.1 Å². The van der Waals surface area contributed by atoms with Crippen molar-refractivity contribution < 1.29 is 32.5 Å². The van der Waals surface area contributed by atoms with Crippen molar-refractivity contribution >= 4 is 30.8 Å². The van der Waals surface area contributed by atoms with Gasteiger partial charge in [0.1, 0.15) is 35.5 Å². The number of hydrogen-bond acceptors (Lipinski definition) is 7. The molecule has 1 saturated heterocycles. The minimum absolute atomic E-state index is 0.0749. The van der Waals surface area contributed by atoms with Crippen molar-refractivity contribution in [3.05, 3.63) is 66.0 Å². The van der Waals surface area contributed by atoms with Crippen LogP contribution in [0.25, 0.3) is 22.2 Å². The lowest BCUT2D eigenvalue weighted by atomic mass is 9.99. The molecule has 3 heterocycles. The van der Waals surface area contributed by atoms with Crippen LogP contribution in [0, 0.1) is 28.9 Å². The van der Waals surface area contributed by atoms with Gasteiger partial charge in [-0.05, 0) is 25.1 Å². The third-order valence-corrected chi connectivity index (χ3v) is 9.50. The van der Waals surface area contributed by atoms with E-state index in [0.717, 1.165) is 18.2 Å². The number of carbonyl (C=O) groups excluding carboxylic acids is 1. The van der Waals surface area contributed by atoms with Crippen molar-refractivity contribution in [3.8, 4) is 34.4 Å². The van der Waals surface area contributed by atoms with Gasteiger partial charge in [-0.1, -0.05) is 31.8 Å². The van der Waals surface area contributed by atoms with Gasteiger partial charge in [0.25, 0.3) is 0 Å². The summed E-state index contributed by atoms with van der Waals surface area (Å²) in [7, 11) is 0.146. The third kappa shape index (κ3) is 7.30. The Hall–Kier alpha value is -4.51. The number of fused-ring (bicyclic) bond motifs is 1. The first-order chi connectivity index (χ1) is 22.0. The highest BCUT2D eigenvalue weighted by Gasteiger charge is 2.27. The molecule has 1 unspecified atom stereocenters. The smallest absolute Gasteiger partial charge is 0.319 e. The fraction of sp³-hybridized carbons (Fsp3) is 0.364. The molecule has 0 aliphatic carbocycles. The number of ether oxygens (including phenoxy) is 4. The zero-order valence-corrected chi connectivity index (χ0v) is 27.4. The lowest BCUT2D eigenvalue weighted by Crippen LogP contribution is -2.47. The molecular weight excluding hydrogens is 612 g/mol. The summed E-state index contributed by atoms with van der Waals surface area (Å²) in [5.74, 6) is -2.02. The van der Waals surface area contributed by atoms with Gasteiger partial charge in [0.05, 0.1) is 25.7 Å². The van der Waals surface area contributed by atoms with E-state index in [-0.39, 0.29) is 35.7 Å². The lowest BCUT2D eigenvalue weighted by Gasteiger charge is -2.31. The van der Waals surface area contributed by atoms with Gasteiger partial charge in [-0.3, -0.25) is 0 Å². The Morgan fingerprint density at radius 1 is 1.17 bits per heavy atom. The number of halogens is 2. The molecule has 4 aromatic rings. The second-order valence-electron chi connectivity index (χ2n) is 12.4. The number of nitriles is 1.